The topological polar surface area (TPSA) is 76.5 Å². The number of para-hydroxylation sites is 2. The Labute approximate surface area is 140 Å². The number of hydrogen-bond donors (Lipinski definition) is 1. The first-order chi connectivity index (χ1) is 11.5. The van der Waals surface area contributed by atoms with Crippen molar-refractivity contribution in [1.29, 1.82) is 0 Å². The van der Waals surface area contributed by atoms with E-state index in [0.717, 1.165) is 11.0 Å². The van der Waals surface area contributed by atoms with Crippen LogP contribution in [-0.4, -0.2) is 58.6 Å². The molecule has 2 amide bonds. The molecule has 1 aliphatic heterocycles. The molecule has 0 radical (unpaired) electrons. The van der Waals surface area contributed by atoms with Gasteiger partial charge >= 0.3 is 0 Å². The fourth-order valence-corrected chi connectivity index (χ4v) is 3.05. The van der Waals surface area contributed by atoms with E-state index in [1.54, 1.807) is 25.2 Å². The average Bonchev–Trinajstić information content (AvgIpc) is 3.02. The average molecular weight is 330 g/mol. The van der Waals surface area contributed by atoms with Crippen LogP contribution in [0, 0.1) is 0 Å². The number of aryl methyl sites for hydroxylation is 1. The molecule has 128 valence electrons. The number of amides is 2. The number of carbonyl (C=O) groups is 2. The third-order valence-corrected chi connectivity index (χ3v) is 4.43. The molecule has 24 heavy (non-hydrogen) atoms. The van der Waals surface area contributed by atoms with Crippen molar-refractivity contribution in [2.75, 3.05) is 26.7 Å². The van der Waals surface area contributed by atoms with Crippen LogP contribution in [0.15, 0.2) is 30.6 Å². The maximum atomic E-state index is 12.5. The van der Waals surface area contributed by atoms with Gasteiger partial charge in [0.25, 0.3) is 5.91 Å². The van der Waals surface area contributed by atoms with Crippen LogP contribution < -0.4 is 5.32 Å². The molecule has 1 aromatic carbocycles. The number of likely N-dealkylation sites (N-methyl/N-ethyl adjacent to an activating group) is 1. The second kappa shape index (κ2) is 6.60. The monoisotopic (exact) mass is 330 g/mol. The molecule has 2 heterocycles. The van der Waals surface area contributed by atoms with E-state index in [4.69, 9.17) is 4.74 Å². The molecular weight excluding hydrogens is 308 g/mol. The highest BCUT2D eigenvalue weighted by Gasteiger charge is 2.39. The lowest BCUT2D eigenvalue weighted by molar-refractivity contribution is -0.162. The predicted molar refractivity (Wildman–Crippen MR) is 89.4 cm³/mol. The van der Waals surface area contributed by atoms with Gasteiger partial charge in [0.15, 0.2) is 5.60 Å². The molecule has 0 bridgehead atoms. The van der Waals surface area contributed by atoms with Crippen LogP contribution in [-0.2, 0) is 20.9 Å². The number of nitrogens with one attached hydrogen (secondary N) is 1. The lowest BCUT2D eigenvalue weighted by atomic mass is 10.0. The first-order valence-electron chi connectivity index (χ1n) is 8.07. The van der Waals surface area contributed by atoms with Crippen LogP contribution >= 0.6 is 0 Å². The first-order valence-corrected chi connectivity index (χ1v) is 8.07. The van der Waals surface area contributed by atoms with E-state index in [0.29, 0.717) is 26.1 Å². The first kappa shape index (κ1) is 16.4. The minimum absolute atomic E-state index is 0.0196. The number of fused-ring (bicyclic) bond motifs is 1. The second-order valence-corrected chi connectivity index (χ2v) is 6.15. The largest absolute Gasteiger partial charge is 0.362 e. The second-order valence-electron chi connectivity index (χ2n) is 6.15. The van der Waals surface area contributed by atoms with E-state index in [9.17, 15) is 9.59 Å². The fourth-order valence-electron chi connectivity index (χ4n) is 3.05. The number of hydrogen-bond acceptors (Lipinski definition) is 4. The van der Waals surface area contributed by atoms with Gasteiger partial charge in [-0.2, -0.15) is 0 Å². The molecule has 1 aliphatic rings. The number of nitrogens with zero attached hydrogens (tertiary/aromatic N) is 3. The van der Waals surface area contributed by atoms with Crippen LogP contribution in [0.25, 0.3) is 11.0 Å². The minimum Gasteiger partial charge on any atom is -0.362 e. The summed E-state index contributed by atoms with van der Waals surface area (Å²) in [6, 6.07) is 7.84. The third-order valence-electron chi connectivity index (χ3n) is 4.43. The van der Waals surface area contributed by atoms with Crippen molar-refractivity contribution >= 4 is 22.8 Å². The van der Waals surface area contributed by atoms with E-state index in [1.165, 1.54) is 0 Å². The van der Waals surface area contributed by atoms with E-state index in [-0.39, 0.29) is 18.4 Å². The van der Waals surface area contributed by atoms with Gasteiger partial charge in [0.2, 0.25) is 5.91 Å². The zero-order valence-corrected chi connectivity index (χ0v) is 14.0. The van der Waals surface area contributed by atoms with E-state index in [2.05, 4.69) is 10.3 Å². The number of morpholine rings is 1. The van der Waals surface area contributed by atoms with Crippen molar-refractivity contribution in [1.82, 2.24) is 19.8 Å². The van der Waals surface area contributed by atoms with Crippen molar-refractivity contribution in [3.05, 3.63) is 30.6 Å². The maximum Gasteiger partial charge on any atom is 0.253 e. The zero-order valence-electron chi connectivity index (χ0n) is 14.0. The van der Waals surface area contributed by atoms with Gasteiger partial charge in [-0.3, -0.25) is 9.59 Å². The Kier molecular flexibility index (Phi) is 4.53. The molecule has 1 N–H and O–H groups in total. The third kappa shape index (κ3) is 3.12. The highest BCUT2D eigenvalue weighted by Crippen LogP contribution is 2.19. The zero-order chi connectivity index (χ0) is 17.2. The number of benzene rings is 1. The molecule has 1 aromatic heterocycles. The summed E-state index contributed by atoms with van der Waals surface area (Å²) in [4.78, 5) is 30.5. The van der Waals surface area contributed by atoms with Crippen LogP contribution in [0.5, 0.6) is 0 Å². The Hall–Kier alpha value is -2.41. The van der Waals surface area contributed by atoms with Gasteiger partial charge in [-0.05, 0) is 19.1 Å². The quantitative estimate of drug-likeness (QED) is 0.899. The summed E-state index contributed by atoms with van der Waals surface area (Å²) in [6.07, 6.45) is 2.12. The molecule has 1 saturated heterocycles. The van der Waals surface area contributed by atoms with Crippen molar-refractivity contribution in [2.24, 2.45) is 0 Å². The van der Waals surface area contributed by atoms with Crippen molar-refractivity contribution < 1.29 is 14.3 Å². The standard InChI is InChI=1S/C17H22N4O3/c1-17(16(23)18-2)11-20(9-10-24-17)15(22)7-8-21-12-19-13-5-3-4-6-14(13)21/h3-6,12H,7-11H2,1-2H3,(H,18,23)/t17-/m0/s1. The maximum absolute atomic E-state index is 12.5. The normalized spacial score (nSPS) is 21.0. The number of carbonyl (C=O) groups excluding carboxylic acids is 2. The lowest BCUT2D eigenvalue weighted by Gasteiger charge is -2.39. The summed E-state index contributed by atoms with van der Waals surface area (Å²) in [6.45, 7) is 3.43. The molecule has 0 spiro atoms. The van der Waals surface area contributed by atoms with Crippen molar-refractivity contribution in [2.45, 2.75) is 25.5 Å². The fraction of sp³-hybridized carbons (Fsp3) is 0.471. The molecule has 0 saturated carbocycles. The number of imidazole rings is 1. The van der Waals surface area contributed by atoms with Gasteiger partial charge in [-0.15, -0.1) is 0 Å². The molecule has 1 fully saturated rings. The van der Waals surface area contributed by atoms with Gasteiger partial charge in [0.05, 0.1) is 30.5 Å². The number of rotatable bonds is 4. The Morgan fingerprint density at radius 2 is 2.17 bits per heavy atom. The summed E-state index contributed by atoms with van der Waals surface area (Å²) in [5.41, 5.74) is 0.954. The molecule has 7 heteroatoms. The van der Waals surface area contributed by atoms with Gasteiger partial charge in [-0.25, -0.2) is 4.98 Å². The van der Waals surface area contributed by atoms with Gasteiger partial charge in [0.1, 0.15) is 0 Å². The molecular formula is C17H22N4O3. The number of aromatic nitrogens is 2. The lowest BCUT2D eigenvalue weighted by Crippen LogP contribution is -2.58. The van der Waals surface area contributed by atoms with Gasteiger partial charge in [0, 0.05) is 26.6 Å². The van der Waals surface area contributed by atoms with E-state index >= 15 is 0 Å². The van der Waals surface area contributed by atoms with Crippen LogP contribution in [0.4, 0.5) is 0 Å². The molecule has 0 unspecified atom stereocenters. The Morgan fingerprint density at radius 3 is 2.96 bits per heavy atom. The SMILES string of the molecule is CNC(=O)[C@]1(C)CN(C(=O)CCn2cnc3ccccc32)CCO1. The van der Waals surface area contributed by atoms with E-state index < -0.39 is 5.60 Å². The Morgan fingerprint density at radius 1 is 1.38 bits per heavy atom. The predicted octanol–water partition coefficient (Wildman–Crippen LogP) is 0.790. The Bertz CT molecular complexity index is 757. The summed E-state index contributed by atoms with van der Waals surface area (Å²) in [5, 5.41) is 2.59. The Balaban J connectivity index is 1.63. The van der Waals surface area contributed by atoms with Crippen LogP contribution in [0.1, 0.15) is 13.3 Å². The summed E-state index contributed by atoms with van der Waals surface area (Å²) >= 11 is 0. The van der Waals surface area contributed by atoms with Crippen molar-refractivity contribution in [3.63, 3.8) is 0 Å². The molecule has 0 aliphatic carbocycles. The minimum atomic E-state index is -0.982. The highest BCUT2D eigenvalue weighted by atomic mass is 16.5. The summed E-state index contributed by atoms with van der Waals surface area (Å²) in [7, 11) is 1.57. The summed E-state index contributed by atoms with van der Waals surface area (Å²) < 4.78 is 7.56. The van der Waals surface area contributed by atoms with Crippen LogP contribution in [0.3, 0.4) is 0 Å². The van der Waals surface area contributed by atoms with E-state index in [1.807, 2.05) is 28.8 Å². The van der Waals surface area contributed by atoms with Gasteiger partial charge in [-0.1, -0.05) is 12.1 Å². The molecule has 3 rings (SSSR count). The smallest absolute Gasteiger partial charge is 0.253 e. The number of ether oxygens (including phenoxy) is 1. The summed E-state index contributed by atoms with van der Waals surface area (Å²) in [5.74, 6) is -0.188. The highest BCUT2D eigenvalue weighted by molar-refractivity contribution is 5.86. The van der Waals surface area contributed by atoms with Crippen molar-refractivity contribution in [3.8, 4) is 0 Å². The molecule has 1 atom stereocenters. The van der Waals surface area contributed by atoms with Gasteiger partial charge < -0.3 is 19.5 Å². The van der Waals surface area contributed by atoms with Crippen LogP contribution in [0.2, 0.25) is 0 Å². The molecule has 7 nitrogen and oxygen atoms in total. The molecule has 2 aromatic rings.